The number of carbonyl (C=O) groups is 2. The third-order valence-corrected chi connectivity index (χ3v) is 6.73. The Morgan fingerprint density at radius 1 is 1.20 bits per heavy atom. The zero-order valence-electron chi connectivity index (χ0n) is 17.2. The average Bonchev–Trinajstić information content (AvgIpc) is 3.22. The highest BCUT2D eigenvalue weighted by Crippen LogP contribution is 2.42. The molecule has 1 saturated heterocycles. The second kappa shape index (κ2) is 9.08. The molecule has 1 aromatic heterocycles. The van der Waals surface area contributed by atoms with Gasteiger partial charge in [0.25, 0.3) is 5.91 Å². The predicted molar refractivity (Wildman–Crippen MR) is 114 cm³/mol. The van der Waals surface area contributed by atoms with E-state index in [-0.39, 0.29) is 11.9 Å². The van der Waals surface area contributed by atoms with Crippen LogP contribution in [0.5, 0.6) is 11.5 Å². The van der Waals surface area contributed by atoms with Crippen molar-refractivity contribution in [2.24, 2.45) is 5.41 Å². The summed E-state index contributed by atoms with van der Waals surface area (Å²) in [5, 5.41) is 1.82. The number of piperidine rings is 1. The lowest BCUT2D eigenvalue weighted by molar-refractivity contribution is -0.159. The molecule has 0 aliphatic carbocycles. The van der Waals surface area contributed by atoms with Crippen LogP contribution in [0.2, 0.25) is 0 Å². The standard InChI is InChI=1S/C23H27NO5S/c1-2-27-22(26)23(11-9-17-7-4-3-5-8-17)10-6-12-24(16-23)21(25)20-19-18(15-30-20)28-13-14-29-19/h3-5,7-8,15H,2,6,9-14,16H2,1H3/t23-/m0/s1. The van der Waals surface area contributed by atoms with Crippen LogP contribution in [0, 0.1) is 5.41 Å². The van der Waals surface area contributed by atoms with Crippen LogP contribution in [-0.2, 0) is 16.0 Å². The Morgan fingerprint density at radius 3 is 2.80 bits per heavy atom. The Balaban J connectivity index is 1.54. The molecule has 4 rings (SSSR count). The van der Waals surface area contributed by atoms with Crippen LogP contribution >= 0.6 is 11.3 Å². The van der Waals surface area contributed by atoms with E-state index in [0.717, 1.165) is 19.3 Å². The number of amides is 1. The van der Waals surface area contributed by atoms with Crippen molar-refractivity contribution in [2.75, 3.05) is 32.9 Å². The molecule has 0 saturated carbocycles. The van der Waals surface area contributed by atoms with Gasteiger partial charge in [0.2, 0.25) is 0 Å². The smallest absolute Gasteiger partial charge is 0.313 e. The first-order chi connectivity index (χ1) is 14.6. The molecular formula is C23H27NO5S. The molecule has 2 aromatic rings. The maximum Gasteiger partial charge on any atom is 0.313 e. The number of thiophene rings is 1. The van der Waals surface area contributed by atoms with Crippen molar-refractivity contribution in [1.29, 1.82) is 0 Å². The first kappa shape index (κ1) is 20.7. The SMILES string of the molecule is CCOC(=O)[C@]1(CCc2ccccc2)CCCN(C(=O)c2scc3c2OCCO3)C1. The number of benzene rings is 1. The Labute approximate surface area is 180 Å². The van der Waals surface area contributed by atoms with Crippen molar-refractivity contribution in [3.05, 3.63) is 46.2 Å². The molecule has 1 aromatic carbocycles. The number of rotatable bonds is 6. The Kier molecular flexibility index (Phi) is 6.27. The predicted octanol–water partition coefficient (Wildman–Crippen LogP) is 3.94. The van der Waals surface area contributed by atoms with E-state index >= 15 is 0 Å². The average molecular weight is 430 g/mol. The van der Waals surface area contributed by atoms with E-state index in [0.29, 0.717) is 55.7 Å². The lowest BCUT2D eigenvalue weighted by Gasteiger charge is -2.41. The highest BCUT2D eigenvalue weighted by Gasteiger charge is 2.45. The van der Waals surface area contributed by atoms with Crippen molar-refractivity contribution >= 4 is 23.2 Å². The maximum atomic E-state index is 13.3. The van der Waals surface area contributed by atoms with E-state index in [1.54, 1.807) is 4.90 Å². The summed E-state index contributed by atoms with van der Waals surface area (Å²) in [6.07, 6.45) is 2.92. The van der Waals surface area contributed by atoms with Gasteiger partial charge in [-0.1, -0.05) is 30.3 Å². The van der Waals surface area contributed by atoms with Crippen LogP contribution in [0.1, 0.15) is 41.4 Å². The van der Waals surface area contributed by atoms with Gasteiger partial charge in [0, 0.05) is 18.5 Å². The second-order valence-corrected chi connectivity index (χ2v) is 8.65. The Morgan fingerprint density at radius 2 is 2.00 bits per heavy atom. The summed E-state index contributed by atoms with van der Waals surface area (Å²) >= 11 is 1.34. The van der Waals surface area contributed by atoms with Crippen molar-refractivity contribution in [3.63, 3.8) is 0 Å². The van der Waals surface area contributed by atoms with Gasteiger partial charge in [0.05, 0.1) is 12.0 Å². The highest BCUT2D eigenvalue weighted by molar-refractivity contribution is 7.12. The number of ether oxygens (including phenoxy) is 3. The number of fused-ring (bicyclic) bond motifs is 1. The van der Waals surface area contributed by atoms with Gasteiger partial charge >= 0.3 is 5.97 Å². The molecule has 30 heavy (non-hydrogen) atoms. The van der Waals surface area contributed by atoms with E-state index in [1.807, 2.05) is 30.5 Å². The van der Waals surface area contributed by atoms with E-state index < -0.39 is 5.41 Å². The quantitative estimate of drug-likeness (QED) is 0.651. The van der Waals surface area contributed by atoms with Crippen molar-refractivity contribution in [3.8, 4) is 11.5 Å². The molecule has 0 unspecified atom stereocenters. The van der Waals surface area contributed by atoms with Gasteiger partial charge in [-0.3, -0.25) is 9.59 Å². The second-order valence-electron chi connectivity index (χ2n) is 7.77. The molecule has 7 heteroatoms. The molecule has 3 heterocycles. The first-order valence-corrected chi connectivity index (χ1v) is 11.4. The monoisotopic (exact) mass is 429 g/mol. The zero-order valence-corrected chi connectivity index (χ0v) is 18.0. The summed E-state index contributed by atoms with van der Waals surface area (Å²) in [4.78, 5) is 28.7. The number of likely N-dealkylation sites (tertiary alicyclic amines) is 1. The minimum absolute atomic E-state index is 0.0974. The third kappa shape index (κ3) is 4.17. The molecule has 1 fully saturated rings. The van der Waals surface area contributed by atoms with Crippen molar-refractivity contribution in [2.45, 2.75) is 32.6 Å². The van der Waals surface area contributed by atoms with Gasteiger partial charge in [-0.2, -0.15) is 0 Å². The summed E-state index contributed by atoms with van der Waals surface area (Å²) in [5.74, 6) is 0.867. The minimum Gasteiger partial charge on any atom is -0.485 e. The molecule has 2 aliphatic heterocycles. The number of hydrogen-bond acceptors (Lipinski definition) is 6. The number of carbonyl (C=O) groups excluding carboxylic acids is 2. The molecule has 0 spiro atoms. The summed E-state index contributed by atoms with van der Waals surface area (Å²) in [6, 6.07) is 10.1. The fourth-order valence-corrected chi connectivity index (χ4v) is 5.14. The largest absolute Gasteiger partial charge is 0.485 e. The molecule has 160 valence electrons. The fourth-order valence-electron chi connectivity index (χ4n) is 4.24. The maximum absolute atomic E-state index is 13.3. The van der Waals surface area contributed by atoms with Crippen LogP contribution in [0.4, 0.5) is 0 Å². The minimum atomic E-state index is -0.686. The van der Waals surface area contributed by atoms with E-state index in [9.17, 15) is 9.59 Å². The normalized spacial score (nSPS) is 20.6. The lowest BCUT2D eigenvalue weighted by atomic mass is 9.75. The molecular weight excluding hydrogens is 402 g/mol. The van der Waals surface area contributed by atoms with Gasteiger partial charge in [0.1, 0.15) is 18.1 Å². The van der Waals surface area contributed by atoms with Gasteiger partial charge in [0.15, 0.2) is 11.5 Å². The highest BCUT2D eigenvalue weighted by atomic mass is 32.1. The van der Waals surface area contributed by atoms with Gasteiger partial charge < -0.3 is 19.1 Å². The molecule has 1 amide bonds. The van der Waals surface area contributed by atoms with E-state index in [1.165, 1.54) is 16.9 Å². The number of nitrogens with zero attached hydrogens (tertiary/aromatic N) is 1. The van der Waals surface area contributed by atoms with Crippen LogP contribution in [0.15, 0.2) is 35.7 Å². The summed E-state index contributed by atoms with van der Waals surface area (Å²) in [5.41, 5.74) is 0.497. The van der Waals surface area contributed by atoms with Crippen LogP contribution in [0.3, 0.4) is 0 Å². The molecule has 2 aliphatic rings. The van der Waals surface area contributed by atoms with Gasteiger partial charge in [-0.25, -0.2) is 0 Å². The van der Waals surface area contributed by atoms with E-state index in [4.69, 9.17) is 14.2 Å². The van der Waals surface area contributed by atoms with E-state index in [2.05, 4.69) is 12.1 Å². The van der Waals surface area contributed by atoms with Crippen molar-refractivity contribution < 1.29 is 23.8 Å². The summed E-state index contributed by atoms with van der Waals surface area (Å²) in [7, 11) is 0. The van der Waals surface area contributed by atoms with Gasteiger partial charge in [-0.05, 0) is 38.2 Å². The lowest BCUT2D eigenvalue weighted by Crippen LogP contribution is -2.50. The topological polar surface area (TPSA) is 65.1 Å². The molecule has 0 radical (unpaired) electrons. The van der Waals surface area contributed by atoms with Gasteiger partial charge in [-0.15, -0.1) is 11.3 Å². The van der Waals surface area contributed by atoms with Crippen LogP contribution < -0.4 is 9.47 Å². The summed E-state index contributed by atoms with van der Waals surface area (Å²) < 4.78 is 16.7. The molecule has 6 nitrogen and oxygen atoms in total. The molecule has 0 N–H and O–H groups in total. The number of aryl methyl sites for hydroxylation is 1. The van der Waals surface area contributed by atoms with Crippen LogP contribution in [0.25, 0.3) is 0 Å². The fraction of sp³-hybridized carbons (Fsp3) is 0.478. The Bertz CT molecular complexity index is 896. The first-order valence-electron chi connectivity index (χ1n) is 10.5. The molecule has 1 atom stereocenters. The van der Waals surface area contributed by atoms with Crippen molar-refractivity contribution in [1.82, 2.24) is 4.90 Å². The number of esters is 1. The zero-order chi connectivity index (χ0) is 21.0. The third-order valence-electron chi connectivity index (χ3n) is 5.80. The Hall–Kier alpha value is -2.54. The summed E-state index contributed by atoms with van der Waals surface area (Å²) in [6.45, 7) is 4.08. The molecule has 0 bridgehead atoms. The van der Waals surface area contributed by atoms with Crippen LogP contribution in [-0.4, -0.2) is 49.7 Å². The number of hydrogen-bond donors (Lipinski definition) is 0.